The second kappa shape index (κ2) is 8.35. The maximum atomic E-state index is 8.82. The lowest BCUT2D eigenvalue weighted by atomic mass is 10.1. The number of hydrogen-bond acceptors (Lipinski definition) is 4. The molecule has 0 aliphatic rings. The topological polar surface area (TPSA) is 42.4 Å². The van der Waals surface area contributed by atoms with Gasteiger partial charge in [0.2, 0.25) is 0 Å². The molecule has 0 aliphatic carbocycles. The summed E-state index contributed by atoms with van der Waals surface area (Å²) in [7, 11) is 1.66. The number of hydrogen-bond donors (Lipinski definition) is 1. The number of nitrogens with zero attached hydrogens (tertiary/aromatic N) is 1. The van der Waals surface area contributed by atoms with Crippen molar-refractivity contribution in [1.29, 1.82) is 0 Å². The van der Waals surface area contributed by atoms with Crippen molar-refractivity contribution in [2.24, 2.45) is 0 Å². The first-order chi connectivity index (χ1) is 10.3. The fraction of sp³-hybridized carbons (Fsp3) is 0.235. The Hall–Kier alpha value is -1.96. The van der Waals surface area contributed by atoms with E-state index in [1.807, 2.05) is 30.3 Å². The number of aliphatic hydroxyl groups excluding tert-OH is 1. The number of rotatable bonds is 5. The van der Waals surface area contributed by atoms with Crippen LogP contribution in [0.15, 0.2) is 47.6 Å². The second-order valence-corrected chi connectivity index (χ2v) is 5.32. The van der Waals surface area contributed by atoms with E-state index in [1.54, 1.807) is 31.3 Å². The van der Waals surface area contributed by atoms with Crippen molar-refractivity contribution in [1.82, 2.24) is 4.98 Å². The molecule has 0 unspecified atom stereocenters. The molecule has 0 saturated heterocycles. The quantitative estimate of drug-likeness (QED) is 0.680. The van der Waals surface area contributed by atoms with Crippen LogP contribution in [0.3, 0.4) is 0 Å². The van der Waals surface area contributed by atoms with Gasteiger partial charge in [-0.3, -0.25) is 4.98 Å². The summed E-state index contributed by atoms with van der Waals surface area (Å²) in [6.07, 6.45) is 4.06. The first-order valence-electron chi connectivity index (χ1n) is 6.63. The predicted octanol–water partition coefficient (Wildman–Crippen LogP) is 3.12. The predicted molar refractivity (Wildman–Crippen MR) is 85.4 cm³/mol. The Labute approximate surface area is 129 Å². The van der Waals surface area contributed by atoms with Gasteiger partial charge in [0.15, 0.2) is 0 Å². The monoisotopic (exact) mass is 299 g/mol. The molecule has 21 heavy (non-hydrogen) atoms. The molecular formula is C17H17NO2S. The van der Waals surface area contributed by atoms with E-state index in [0.717, 1.165) is 22.6 Å². The van der Waals surface area contributed by atoms with E-state index in [-0.39, 0.29) is 6.61 Å². The van der Waals surface area contributed by atoms with Gasteiger partial charge in [-0.05, 0) is 35.9 Å². The van der Waals surface area contributed by atoms with E-state index in [9.17, 15) is 0 Å². The summed E-state index contributed by atoms with van der Waals surface area (Å²) < 4.78 is 5.28. The Morgan fingerprint density at radius 3 is 2.76 bits per heavy atom. The van der Waals surface area contributed by atoms with E-state index in [2.05, 4.69) is 16.8 Å². The summed E-state index contributed by atoms with van der Waals surface area (Å²) in [5.41, 5.74) is 2.10. The van der Waals surface area contributed by atoms with Crippen molar-refractivity contribution in [3.63, 3.8) is 0 Å². The van der Waals surface area contributed by atoms with Crippen LogP contribution in [0, 0.1) is 11.8 Å². The van der Waals surface area contributed by atoms with Gasteiger partial charge in [-0.25, -0.2) is 0 Å². The molecule has 108 valence electrons. The minimum Gasteiger partial charge on any atom is -0.497 e. The molecule has 0 amide bonds. The first kappa shape index (κ1) is 15.4. The summed E-state index contributed by atoms with van der Waals surface area (Å²) >= 11 is 1.73. The van der Waals surface area contributed by atoms with Crippen LogP contribution < -0.4 is 4.74 Å². The Bertz CT molecular complexity index is 632. The number of ether oxygens (including phenoxy) is 1. The number of aliphatic hydroxyl groups is 1. The molecule has 0 atom stereocenters. The largest absolute Gasteiger partial charge is 0.497 e. The van der Waals surface area contributed by atoms with Crippen molar-refractivity contribution >= 4 is 11.8 Å². The molecule has 4 heteroatoms. The molecule has 0 radical (unpaired) electrons. The van der Waals surface area contributed by atoms with Gasteiger partial charge in [0.1, 0.15) is 5.75 Å². The van der Waals surface area contributed by atoms with Crippen molar-refractivity contribution in [3.05, 3.63) is 53.9 Å². The van der Waals surface area contributed by atoms with Crippen molar-refractivity contribution in [3.8, 4) is 17.6 Å². The standard InChI is InChI=1S/C17H17NO2S/c1-20-16-6-5-14(4-2-3-11-19)15(12-16)13-21-17-7-9-18-10-8-17/h5-10,12,19H,3,11,13H2,1H3. The SMILES string of the molecule is COc1ccc(C#CCCO)c(CSc2ccncc2)c1. The molecule has 0 bridgehead atoms. The van der Waals surface area contributed by atoms with Crippen LogP contribution in [0.4, 0.5) is 0 Å². The molecule has 0 saturated carbocycles. The van der Waals surface area contributed by atoms with Gasteiger partial charge in [-0.1, -0.05) is 11.8 Å². The molecule has 2 aromatic rings. The van der Waals surface area contributed by atoms with Gasteiger partial charge < -0.3 is 9.84 Å². The zero-order chi connectivity index (χ0) is 14.9. The number of methoxy groups -OCH3 is 1. The molecule has 2 rings (SSSR count). The molecule has 3 nitrogen and oxygen atoms in total. The lowest BCUT2D eigenvalue weighted by Gasteiger charge is -2.07. The first-order valence-corrected chi connectivity index (χ1v) is 7.61. The maximum Gasteiger partial charge on any atom is 0.119 e. The third-order valence-electron chi connectivity index (χ3n) is 2.82. The highest BCUT2D eigenvalue weighted by Gasteiger charge is 2.04. The lowest BCUT2D eigenvalue weighted by Crippen LogP contribution is -1.91. The van der Waals surface area contributed by atoms with Gasteiger partial charge in [0.05, 0.1) is 13.7 Å². The summed E-state index contributed by atoms with van der Waals surface area (Å²) in [5.74, 6) is 7.71. The van der Waals surface area contributed by atoms with E-state index in [1.165, 1.54) is 4.90 Å². The number of pyridine rings is 1. The van der Waals surface area contributed by atoms with E-state index in [4.69, 9.17) is 9.84 Å². The van der Waals surface area contributed by atoms with E-state index in [0.29, 0.717) is 6.42 Å². The smallest absolute Gasteiger partial charge is 0.119 e. The minimum atomic E-state index is 0.0876. The molecule has 0 spiro atoms. The highest BCUT2D eigenvalue weighted by atomic mass is 32.2. The fourth-order valence-electron chi connectivity index (χ4n) is 1.75. The zero-order valence-corrected chi connectivity index (χ0v) is 12.7. The van der Waals surface area contributed by atoms with Gasteiger partial charge in [0.25, 0.3) is 0 Å². The fourth-order valence-corrected chi connectivity index (χ4v) is 2.62. The van der Waals surface area contributed by atoms with E-state index >= 15 is 0 Å². The van der Waals surface area contributed by atoms with Gasteiger partial charge in [0, 0.05) is 35.0 Å². The Morgan fingerprint density at radius 1 is 1.24 bits per heavy atom. The van der Waals surface area contributed by atoms with Crippen LogP contribution in [0.25, 0.3) is 0 Å². The number of thioether (sulfide) groups is 1. The zero-order valence-electron chi connectivity index (χ0n) is 11.9. The van der Waals surface area contributed by atoms with Crippen molar-refractivity contribution in [2.45, 2.75) is 17.1 Å². The second-order valence-electron chi connectivity index (χ2n) is 4.27. The Morgan fingerprint density at radius 2 is 2.05 bits per heavy atom. The maximum absolute atomic E-state index is 8.82. The minimum absolute atomic E-state index is 0.0876. The van der Waals surface area contributed by atoms with Gasteiger partial charge in [-0.2, -0.15) is 0 Å². The molecular weight excluding hydrogens is 282 g/mol. The molecule has 1 N–H and O–H groups in total. The molecule has 1 aromatic heterocycles. The third-order valence-corrected chi connectivity index (χ3v) is 3.88. The molecule has 0 fully saturated rings. The molecule has 0 aliphatic heterocycles. The van der Waals surface area contributed by atoms with Crippen LogP contribution in [-0.4, -0.2) is 23.8 Å². The highest BCUT2D eigenvalue weighted by Crippen LogP contribution is 2.26. The van der Waals surface area contributed by atoms with Gasteiger partial charge in [-0.15, -0.1) is 11.8 Å². The van der Waals surface area contributed by atoms with Crippen LogP contribution in [-0.2, 0) is 5.75 Å². The van der Waals surface area contributed by atoms with Crippen LogP contribution in [0.1, 0.15) is 17.5 Å². The van der Waals surface area contributed by atoms with E-state index < -0.39 is 0 Å². The average Bonchev–Trinajstić information content (AvgIpc) is 2.55. The summed E-state index contributed by atoms with van der Waals surface area (Å²) in [6, 6.07) is 9.86. The average molecular weight is 299 g/mol. The van der Waals surface area contributed by atoms with Crippen LogP contribution >= 0.6 is 11.8 Å². The van der Waals surface area contributed by atoms with Crippen LogP contribution in [0.2, 0.25) is 0 Å². The third kappa shape index (κ3) is 4.82. The van der Waals surface area contributed by atoms with Crippen molar-refractivity contribution in [2.75, 3.05) is 13.7 Å². The summed E-state index contributed by atoms with van der Waals surface area (Å²) in [6.45, 7) is 0.0876. The molecule has 1 aromatic carbocycles. The van der Waals surface area contributed by atoms with Crippen molar-refractivity contribution < 1.29 is 9.84 Å². The summed E-state index contributed by atoms with van der Waals surface area (Å²) in [4.78, 5) is 5.18. The highest BCUT2D eigenvalue weighted by molar-refractivity contribution is 7.98. The Balaban J connectivity index is 2.17. The van der Waals surface area contributed by atoms with Crippen LogP contribution in [0.5, 0.6) is 5.75 Å². The normalized spacial score (nSPS) is 9.81. The number of benzene rings is 1. The Kier molecular flexibility index (Phi) is 6.14. The number of aromatic nitrogens is 1. The summed E-state index contributed by atoms with van der Waals surface area (Å²) in [5, 5.41) is 8.82. The molecule has 1 heterocycles. The lowest BCUT2D eigenvalue weighted by molar-refractivity contribution is 0.305. The van der Waals surface area contributed by atoms with Gasteiger partial charge >= 0.3 is 0 Å².